The van der Waals surface area contributed by atoms with Gasteiger partial charge in [-0.1, -0.05) is 0 Å². The lowest BCUT2D eigenvalue weighted by atomic mass is 10.2. The molecule has 134 valence electrons. The molecule has 0 radical (unpaired) electrons. The highest BCUT2D eigenvalue weighted by Gasteiger charge is 2.20. The second-order valence-electron chi connectivity index (χ2n) is 5.49. The van der Waals surface area contributed by atoms with Crippen LogP contribution in [0.5, 0.6) is 0 Å². The number of hydrogen-bond donors (Lipinski definition) is 1. The summed E-state index contributed by atoms with van der Waals surface area (Å²) in [5, 5.41) is 3.37. The number of carbonyl (C=O) groups excluding carboxylic acids is 1. The summed E-state index contributed by atoms with van der Waals surface area (Å²) in [6.45, 7) is 4.15. The molecule has 26 heavy (non-hydrogen) atoms. The van der Waals surface area contributed by atoms with Crippen LogP contribution in [-0.4, -0.2) is 26.7 Å². The second kappa shape index (κ2) is 7.57. The highest BCUT2D eigenvalue weighted by molar-refractivity contribution is 7.98. The summed E-state index contributed by atoms with van der Waals surface area (Å²) >= 11 is 1.36. The molecule has 0 fully saturated rings. The van der Waals surface area contributed by atoms with Gasteiger partial charge < -0.3 is 14.3 Å². The predicted octanol–water partition coefficient (Wildman–Crippen LogP) is 3.20. The number of nitrogens with one attached hydrogen (secondary N) is 1. The number of thioether (sulfide) groups is 1. The van der Waals surface area contributed by atoms with Crippen molar-refractivity contribution in [2.75, 3.05) is 11.6 Å². The van der Waals surface area contributed by atoms with Gasteiger partial charge in [-0.3, -0.25) is 9.59 Å². The Morgan fingerprint density at radius 3 is 2.77 bits per heavy atom. The molecule has 3 aromatic rings. The fourth-order valence-electron chi connectivity index (χ4n) is 2.52. The van der Waals surface area contributed by atoms with Crippen molar-refractivity contribution in [3.63, 3.8) is 0 Å². The molecule has 1 N–H and O–H groups in total. The van der Waals surface area contributed by atoms with Crippen LogP contribution in [0.2, 0.25) is 0 Å². The van der Waals surface area contributed by atoms with Crippen molar-refractivity contribution in [1.82, 2.24) is 14.5 Å². The van der Waals surface area contributed by atoms with E-state index in [1.165, 1.54) is 22.4 Å². The standard InChI is InChI=1S/C18H18N4O3S/c1-4-22-10-12(7-8-14(22)23)20-17(24)15-11(2)19-16(21-18(15)26-3)13-6-5-9-25-13/h5-10H,4H2,1-3H3,(H,20,24). The minimum absolute atomic E-state index is 0.113. The molecule has 0 aliphatic rings. The van der Waals surface area contributed by atoms with Gasteiger partial charge in [0.25, 0.3) is 11.5 Å². The quantitative estimate of drug-likeness (QED) is 0.548. The van der Waals surface area contributed by atoms with Gasteiger partial charge in [0, 0.05) is 18.8 Å². The van der Waals surface area contributed by atoms with Gasteiger partial charge in [0.1, 0.15) is 5.03 Å². The van der Waals surface area contributed by atoms with E-state index >= 15 is 0 Å². The number of hydrogen-bond acceptors (Lipinski definition) is 6. The van der Waals surface area contributed by atoms with Gasteiger partial charge in [0.2, 0.25) is 0 Å². The van der Waals surface area contributed by atoms with E-state index in [4.69, 9.17) is 4.42 Å². The van der Waals surface area contributed by atoms with Gasteiger partial charge >= 0.3 is 0 Å². The van der Waals surface area contributed by atoms with Gasteiger partial charge in [-0.05, 0) is 38.3 Å². The Morgan fingerprint density at radius 1 is 1.31 bits per heavy atom. The van der Waals surface area contributed by atoms with Gasteiger partial charge in [-0.25, -0.2) is 9.97 Å². The summed E-state index contributed by atoms with van der Waals surface area (Å²) in [5.74, 6) is 0.664. The average Bonchev–Trinajstić information content (AvgIpc) is 3.17. The number of aromatic nitrogens is 3. The zero-order valence-corrected chi connectivity index (χ0v) is 15.5. The summed E-state index contributed by atoms with van der Waals surface area (Å²) in [6.07, 6.45) is 5.02. The SMILES string of the molecule is CCn1cc(NC(=O)c2c(C)nc(-c3ccco3)nc2SC)ccc1=O. The molecule has 0 aliphatic heterocycles. The summed E-state index contributed by atoms with van der Waals surface area (Å²) in [6, 6.07) is 6.54. The first-order valence-corrected chi connectivity index (χ1v) is 9.24. The normalized spacial score (nSPS) is 10.7. The molecule has 0 saturated carbocycles. The smallest absolute Gasteiger partial charge is 0.260 e. The number of nitrogens with zero attached hydrogens (tertiary/aromatic N) is 3. The van der Waals surface area contributed by atoms with Crippen molar-refractivity contribution in [3.05, 3.63) is 58.3 Å². The Bertz CT molecular complexity index is 996. The molecule has 0 saturated heterocycles. The lowest BCUT2D eigenvalue weighted by Crippen LogP contribution is -2.21. The van der Waals surface area contributed by atoms with E-state index in [0.717, 1.165) is 0 Å². The summed E-state index contributed by atoms with van der Waals surface area (Å²) < 4.78 is 6.86. The predicted molar refractivity (Wildman–Crippen MR) is 101 cm³/mol. The first-order valence-electron chi connectivity index (χ1n) is 8.01. The highest BCUT2D eigenvalue weighted by Crippen LogP contribution is 2.25. The van der Waals surface area contributed by atoms with Crippen LogP contribution in [0.1, 0.15) is 23.0 Å². The molecule has 7 nitrogen and oxygen atoms in total. The van der Waals surface area contributed by atoms with E-state index < -0.39 is 0 Å². The number of anilines is 1. The lowest BCUT2D eigenvalue weighted by Gasteiger charge is -2.12. The Labute approximate surface area is 154 Å². The molecule has 0 bridgehead atoms. The van der Waals surface area contributed by atoms with E-state index in [2.05, 4.69) is 15.3 Å². The topological polar surface area (TPSA) is 90.0 Å². The molecular weight excluding hydrogens is 352 g/mol. The molecule has 8 heteroatoms. The van der Waals surface area contributed by atoms with Crippen molar-refractivity contribution >= 4 is 23.4 Å². The van der Waals surface area contributed by atoms with Crippen molar-refractivity contribution in [2.45, 2.75) is 25.4 Å². The summed E-state index contributed by atoms with van der Waals surface area (Å²) in [5.41, 5.74) is 1.38. The number of pyridine rings is 1. The molecule has 0 unspecified atom stereocenters. The third-order valence-corrected chi connectivity index (χ3v) is 4.48. The van der Waals surface area contributed by atoms with Crippen LogP contribution in [0.15, 0.2) is 51.0 Å². The maximum absolute atomic E-state index is 12.8. The second-order valence-corrected chi connectivity index (χ2v) is 6.29. The van der Waals surface area contributed by atoms with Gasteiger partial charge in [0.05, 0.1) is 23.2 Å². The Morgan fingerprint density at radius 2 is 2.12 bits per heavy atom. The molecule has 0 atom stereocenters. The maximum atomic E-state index is 12.8. The maximum Gasteiger partial charge on any atom is 0.260 e. The fraction of sp³-hybridized carbons (Fsp3) is 0.222. The largest absolute Gasteiger partial charge is 0.461 e. The van der Waals surface area contributed by atoms with E-state index in [1.807, 2.05) is 13.2 Å². The van der Waals surface area contributed by atoms with Crippen molar-refractivity contribution in [1.29, 1.82) is 0 Å². The van der Waals surface area contributed by atoms with Crippen LogP contribution in [0.3, 0.4) is 0 Å². The summed E-state index contributed by atoms with van der Waals surface area (Å²) in [4.78, 5) is 33.3. The third kappa shape index (κ3) is 3.55. The molecule has 0 spiro atoms. The van der Waals surface area contributed by atoms with Crippen LogP contribution in [-0.2, 0) is 6.54 Å². The molecular formula is C18H18N4O3S. The number of amides is 1. The van der Waals surface area contributed by atoms with E-state index in [9.17, 15) is 9.59 Å². The van der Waals surface area contributed by atoms with Crippen LogP contribution in [0, 0.1) is 6.92 Å². The van der Waals surface area contributed by atoms with Crippen molar-refractivity contribution in [3.8, 4) is 11.6 Å². The van der Waals surface area contributed by atoms with E-state index in [0.29, 0.717) is 40.1 Å². The zero-order chi connectivity index (χ0) is 18.7. The number of rotatable bonds is 5. The monoisotopic (exact) mass is 370 g/mol. The molecule has 1 amide bonds. The highest BCUT2D eigenvalue weighted by atomic mass is 32.2. The van der Waals surface area contributed by atoms with Crippen molar-refractivity contribution < 1.29 is 9.21 Å². The van der Waals surface area contributed by atoms with Gasteiger partial charge in [-0.2, -0.15) is 0 Å². The first-order chi connectivity index (χ1) is 12.5. The summed E-state index contributed by atoms with van der Waals surface area (Å²) in [7, 11) is 0. The minimum Gasteiger partial charge on any atom is -0.461 e. The molecule has 0 aliphatic carbocycles. The molecule has 0 aromatic carbocycles. The Kier molecular flexibility index (Phi) is 5.22. The molecule has 3 aromatic heterocycles. The van der Waals surface area contributed by atoms with Gasteiger partial charge in [0.15, 0.2) is 11.6 Å². The molecule has 3 heterocycles. The average molecular weight is 370 g/mol. The van der Waals surface area contributed by atoms with Crippen LogP contribution in [0.4, 0.5) is 5.69 Å². The molecule has 3 rings (SSSR count). The van der Waals surface area contributed by atoms with E-state index in [1.54, 1.807) is 37.6 Å². The number of carbonyl (C=O) groups is 1. The fourth-order valence-corrected chi connectivity index (χ4v) is 3.14. The van der Waals surface area contributed by atoms with Crippen molar-refractivity contribution in [2.24, 2.45) is 0 Å². The lowest BCUT2D eigenvalue weighted by molar-refractivity contribution is 0.102. The third-order valence-electron chi connectivity index (χ3n) is 3.80. The minimum atomic E-state index is -0.320. The number of furan rings is 1. The van der Waals surface area contributed by atoms with Crippen LogP contribution in [0.25, 0.3) is 11.6 Å². The number of aryl methyl sites for hydroxylation is 2. The van der Waals surface area contributed by atoms with Crippen LogP contribution >= 0.6 is 11.8 Å². The van der Waals surface area contributed by atoms with Gasteiger partial charge in [-0.15, -0.1) is 11.8 Å². The first kappa shape index (κ1) is 17.9. The van der Waals surface area contributed by atoms with Crippen LogP contribution < -0.4 is 10.9 Å². The zero-order valence-electron chi connectivity index (χ0n) is 14.6. The Balaban J connectivity index is 1.95. The van der Waals surface area contributed by atoms with E-state index in [-0.39, 0.29) is 11.5 Å². The Hall–Kier alpha value is -2.87.